The highest BCUT2D eigenvalue weighted by molar-refractivity contribution is 5.31. The molecule has 1 unspecified atom stereocenters. The SMILES string of the molecule is Cc1ccc(C2(C(C)(C)C)CO2)cc1. The molecule has 1 atom stereocenters. The van der Waals surface area contributed by atoms with Crippen LogP contribution < -0.4 is 0 Å². The van der Waals surface area contributed by atoms with Crippen LogP contribution >= 0.6 is 0 Å². The minimum absolute atomic E-state index is 0.0271. The maximum Gasteiger partial charge on any atom is 0.121 e. The summed E-state index contributed by atoms with van der Waals surface area (Å²) in [6.07, 6.45) is 0. The van der Waals surface area contributed by atoms with Crippen LogP contribution in [0.25, 0.3) is 0 Å². The summed E-state index contributed by atoms with van der Waals surface area (Å²) in [6.45, 7) is 9.68. The molecule has 1 nitrogen and oxygen atoms in total. The Morgan fingerprint density at radius 3 is 2.00 bits per heavy atom. The molecule has 1 aromatic carbocycles. The summed E-state index contributed by atoms with van der Waals surface area (Å²) in [4.78, 5) is 0. The lowest BCUT2D eigenvalue weighted by atomic mass is 9.76. The molecule has 0 N–H and O–H groups in total. The topological polar surface area (TPSA) is 12.5 Å². The molecule has 0 aromatic heterocycles. The highest BCUT2D eigenvalue weighted by Crippen LogP contribution is 2.52. The number of benzene rings is 1. The Morgan fingerprint density at radius 2 is 1.64 bits per heavy atom. The van der Waals surface area contributed by atoms with Crippen molar-refractivity contribution in [3.05, 3.63) is 35.4 Å². The van der Waals surface area contributed by atoms with Gasteiger partial charge >= 0.3 is 0 Å². The summed E-state index contributed by atoms with van der Waals surface area (Å²) in [5.74, 6) is 0. The van der Waals surface area contributed by atoms with Gasteiger partial charge in [0, 0.05) is 0 Å². The van der Waals surface area contributed by atoms with Gasteiger partial charge < -0.3 is 4.74 Å². The predicted molar refractivity (Wildman–Crippen MR) is 58.3 cm³/mol. The summed E-state index contributed by atoms with van der Waals surface area (Å²) in [5, 5.41) is 0. The second-order valence-electron chi connectivity index (χ2n) is 5.23. The largest absolute Gasteiger partial charge is 0.364 e. The summed E-state index contributed by atoms with van der Waals surface area (Å²) in [5.41, 5.74) is 2.78. The molecule has 1 fully saturated rings. The highest BCUT2D eigenvalue weighted by Gasteiger charge is 2.55. The second kappa shape index (κ2) is 2.83. The minimum Gasteiger partial charge on any atom is -0.364 e. The van der Waals surface area contributed by atoms with Gasteiger partial charge in [-0.3, -0.25) is 0 Å². The van der Waals surface area contributed by atoms with Crippen LogP contribution in [0.3, 0.4) is 0 Å². The summed E-state index contributed by atoms with van der Waals surface area (Å²) in [7, 11) is 0. The third-order valence-electron chi connectivity index (χ3n) is 3.16. The number of hydrogen-bond acceptors (Lipinski definition) is 1. The molecule has 1 saturated heterocycles. The highest BCUT2D eigenvalue weighted by atomic mass is 16.6. The van der Waals surface area contributed by atoms with E-state index < -0.39 is 0 Å². The van der Waals surface area contributed by atoms with E-state index in [1.807, 2.05) is 0 Å². The summed E-state index contributed by atoms with van der Waals surface area (Å²) >= 11 is 0. The zero-order valence-electron chi connectivity index (χ0n) is 9.42. The molecule has 14 heavy (non-hydrogen) atoms. The molecule has 1 heterocycles. The number of hydrogen-bond donors (Lipinski definition) is 0. The summed E-state index contributed by atoms with van der Waals surface area (Å²) in [6, 6.07) is 8.69. The zero-order chi connectivity index (χ0) is 10.4. The van der Waals surface area contributed by atoms with E-state index in [0.717, 1.165) is 6.61 Å². The van der Waals surface area contributed by atoms with Crippen molar-refractivity contribution in [2.45, 2.75) is 33.3 Å². The molecule has 1 heteroatoms. The van der Waals surface area contributed by atoms with Gasteiger partial charge in [-0.2, -0.15) is 0 Å². The molecule has 0 radical (unpaired) electrons. The van der Waals surface area contributed by atoms with Crippen molar-refractivity contribution in [3.63, 3.8) is 0 Å². The Kier molecular flexibility index (Phi) is 1.97. The van der Waals surface area contributed by atoms with Gasteiger partial charge in [0.1, 0.15) is 5.60 Å². The number of rotatable bonds is 1. The Balaban J connectivity index is 2.36. The van der Waals surface area contributed by atoms with Crippen LogP contribution in [-0.2, 0) is 10.3 Å². The van der Waals surface area contributed by atoms with E-state index in [4.69, 9.17) is 4.74 Å². The van der Waals surface area contributed by atoms with E-state index in [1.54, 1.807) is 0 Å². The normalized spacial score (nSPS) is 26.3. The van der Waals surface area contributed by atoms with Crippen LogP contribution in [0.15, 0.2) is 24.3 Å². The molecule has 2 rings (SSSR count). The lowest BCUT2D eigenvalue weighted by Crippen LogP contribution is -2.27. The molecular weight excluding hydrogens is 172 g/mol. The van der Waals surface area contributed by atoms with Gasteiger partial charge in [0.25, 0.3) is 0 Å². The van der Waals surface area contributed by atoms with E-state index in [0.29, 0.717) is 0 Å². The third kappa shape index (κ3) is 1.36. The average Bonchev–Trinajstić information content (AvgIpc) is 2.84. The summed E-state index contributed by atoms with van der Waals surface area (Å²) < 4.78 is 5.69. The fourth-order valence-electron chi connectivity index (χ4n) is 1.93. The van der Waals surface area contributed by atoms with Crippen molar-refractivity contribution in [3.8, 4) is 0 Å². The first-order valence-corrected chi connectivity index (χ1v) is 5.17. The van der Waals surface area contributed by atoms with E-state index >= 15 is 0 Å². The number of epoxide rings is 1. The molecule has 1 aromatic rings. The van der Waals surface area contributed by atoms with Gasteiger partial charge in [-0.05, 0) is 17.9 Å². The van der Waals surface area contributed by atoms with Gasteiger partial charge in [-0.15, -0.1) is 0 Å². The van der Waals surface area contributed by atoms with Crippen molar-refractivity contribution in [2.24, 2.45) is 5.41 Å². The first kappa shape index (κ1) is 9.72. The Labute approximate surface area is 86.1 Å². The van der Waals surface area contributed by atoms with Gasteiger partial charge in [0.2, 0.25) is 0 Å². The molecule has 1 aliphatic rings. The fourth-order valence-corrected chi connectivity index (χ4v) is 1.93. The molecular formula is C13H18O. The smallest absolute Gasteiger partial charge is 0.121 e. The van der Waals surface area contributed by atoms with Gasteiger partial charge in [-0.25, -0.2) is 0 Å². The lowest BCUT2D eigenvalue weighted by molar-refractivity contribution is 0.155. The Hall–Kier alpha value is -0.820. The third-order valence-corrected chi connectivity index (χ3v) is 3.16. The van der Waals surface area contributed by atoms with Crippen molar-refractivity contribution in [2.75, 3.05) is 6.61 Å². The Bertz CT molecular complexity index is 325. The van der Waals surface area contributed by atoms with Crippen LogP contribution in [-0.4, -0.2) is 6.61 Å². The van der Waals surface area contributed by atoms with Crippen LogP contribution in [0, 0.1) is 12.3 Å². The van der Waals surface area contributed by atoms with E-state index in [2.05, 4.69) is 52.0 Å². The number of aryl methyl sites for hydroxylation is 1. The monoisotopic (exact) mass is 190 g/mol. The van der Waals surface area contributed by atoms with Gasteiger partial charge in [0.15, 0.2) is 0 Å². The Morgan fingerprint density at radius 1 is 1.14 bits per heavy atom. The second-order valence-corrected chi connectivity index (χ2v) is 5.23. The average molecular weight is 190 g/mol. The van der Waals surface area contributed by atoms with E-state index in [-0.39, 0.29) is 11.0 Å². The first-order chi connectivity index (χ1) is 6.46. The lowest BCUT2D eigenvalue weighted by Gasteiger charge is -2.27. The van der Waals surface area contributed by atoms with E-state index in [1.165, 1.54) is 11.1 Å². The quantitative estimate of drug-likeness (QED) is 0.619. The molecule has 0 saturated carbocycles. The predicted octanol–water partition coefficient (Wildman–Crippen LogP) is 3.27. The number of ether oxygens (including phenoxy) is 1. The van der Waals surface area contributed by atoms with Crippen molar-refractivity contribution in [1.82, 2.24) is 0 Å². The zero-order valence-corrected chi connectivity index (χ0v) is 9.42. The van der Waals surface area contributed by atoms with Crippen molar-refractivity contribution in [1.29, 1.82) is 0 Å². The van der Waals surface area contributed by atoms with Crippen molar-refractivity contribution >= 4 is 0 Å². The maximum absolute atomic E-state index is 5.69. The van der Waals surface area contributed by atoms with Gasteiger partial charge in [-0.1, -0.05) is 50.6 Å². The standard InChI is InChI=1S/C13H18O/c1-10-5-7-11(8-6-10)13(9-14-13)12(2,3)4/h5-8H,9H2,1-4H3. The molecule has 1 aliphatic heterocycles. The van der Waals surface area contributed by atoms with Crippen LogP contribution in [0.1, 0.15) is 31.9 Å². The maximum atomic E-state index is 5.69. The van der Waals surface area contributed by atoms with Crippen LogP contribution in [0.5, 0.6) is 0 Å². The molecule has 76 valence electrons. The minimum atomic E-state index is -0.0271. The molecule has 0 bridgehead atoms. The van der Waals surface area contributed by atoms with Crippen LogP contribution in [0.4, 0.5) is 0 Å². The molecule has 0 amide bonds. The molecule has 0 spiro atoms. The van der Waals surface area contributed by atoms with Gasteiger partial charge in [0.05, 0.1) is 6.61 Å². The van der Waals surface area contributed by atoms with Crippen LogP contribution in [0.2, 0.25) is 0 Å². The van der Waals surface area contributed by atoms with Crippen molar-refractivity contribution < 1.29 is 4.74 Å². The first-order valence-electron chi connectivity index (χ1n) is 5.17. The van der Waals surface area contributed by atoms with E-state index in [9.17, 15) is 0 Å². The fraction of sp³-hybridized carbons (Fsp3) is 0.538. The molecule has 0 aliphatic carbocycles.